The number of carbonyl (C=O) groups is 3. The van der Waals surface area contributed by atoms with Crippen molar-refractivity contribution < 1.29 is 24.2 Å². The smallest absolute Gasteiger partial charge is 0.405 e. The van der Waals surface area contributed by atoms with E-state index in [2.05, 4.69) is 20.9 Å². The Morgan fingerprint density at radius 2 is 1.86 bits per heavy atom. The number of carboxylic acid groups (broad SMARTS) is 1. The zero-order valence-corrected chi connectivity index (χ0v) is 17.6. The topological polar surface area (TPSA) is 130 Å². The molecule has 158 valence electrons. The largest absolute Gasteiger partial charge is 0.465 e. The van der Waals surface area contributed by atoms with Gasteiger partial charge in [-0.3, -0.25) is 9.59 Å². The van der Waals surface area contributed by atoms with Gasteiger partial charge in [-0.2, -0.15) is 0 Å². The fourth-order valence-electron chi connectivity index (χ4n) is 2.47. The van der Waals surface area contributed by atoms with Gasteiger partial charge in [0.25, 0.3) is 5.91 Å². The molecule has 2 amide bonds. The van der Waals surface area contributed by atoms with Crippen LogP contribution in [0.3, 0.4) is 0 Å². The van der Waals surface area contributed by atoms with E-state index < -0.39 is 30.1 Å². The summed E-state index contributed by atoms with van der Waals surface area (Å²) in [5.74, 6) is -1.17. The van der Waals surface area contributed by atoms with Crippen molar-refractivity contribution in [2.24, 2.45) is 0 Å². The molecule has 0 fully saturated rings. The van der Waals surface area contributed by atoms with E-state index in [-0.39, 0.29) is 29.8 Å². The maximum absolute atomic E-state index is 12.1. The van der Waals surface area contributed by atoms with Gasteiger partial charge < -0.3 is 25.8 Å². The molecule has 2 aromatic rings. The third-order valence-electron chi connectivity index (χ3n) is 3.67. The minimum atomic E-state index is -1.15. The van der Waals surface area contributed by atoms with Crippen LogP contribution in [0.4, 0.5) is 16.2 Å². The predicted octanol–water partition coefficient (Wildman–Crippen LogP) is 3.27. The molecule has 2 rings (SSSR count). The van der Waals surface area contributed by atoms with Crippen molar-refractivity contribution in [1.82, 2.24) is 10.3 Å². The van der Waals surface area contributed by atoms with E-state index in [1.165, 1.54) is 6.92 Å². The van der Waals surface area contributed by atoms with Crippen LogP contribution < -0.4 is 16.0 Å². The number of pyridine rings is 1. The van der Waals surface area contributed by atoms with Crippen LogP contribution >= 0.6 is 24.0 Å². The van der Waals surface area contributed by atoms with Gasteiger partial charge in [0.1, 0.15) is 5.69 Å². The molecule has 11 heteroatoms. The van der Waals surface area contributed by atoms with E-state index in [4.69, 9.17) is 21.4 Å². The molecule has 1 heterocycles. The second kappa shape index (κ2) is 10.1. The number of anilines is 2. The summed E-state index contributed by atoms with van der Waals surface area (Å²) in [7, 11) is 0. The van der Waals surface area contributed by atoms with Crippen LogP contribution in [-0.4, -0.2) is 46.8 Å². The molecule has 1 aromatic heterocycles. The lowest BCUT2D eigenvalue weighted by Crippen LogP contribution is -2.47. The highest BCUT2D eigenvalue weighted by molar-refractivity contribution is 6.34. The third kappa shape index (κ3) is 6.95. The molecule has 0 atom stereocenters. The van der Waals surface area contributed by atoms with Crippen LogP contribution in [0.25, 0.3) is 10.9 Å². The first-order valence-electron chi connectivity index (χ1n) is 8.35. The average Bonchev–Trinajstić information content (AvgIpc) is 2.58. The highest BCUT2D eigenvalue weighted by Crippen LogP contribution is 2.36. The molecule has 0 bridgehead atoms. The Labute approximate surface area is 178 Å². The normalized spacial score (nSPS) is 10.6. The molecular weight excluding hydrogens is 423 g/mol. The molecule has 0 aliphatic heterocycles. The fraction of sp³-hybridized carbons (Fsp3) is 0.333. The summed E-state index contributed by atoms with van der Waals surface area (Å²) in [6, 6.07) is 7.15. The minimum absolute atomic E-state index is 0. The van der Waals surface area contributed by atoms with E-state index in [9.17, 15) is 14.4 Å². The van der Waals surface area contributed by atoms with Gasteiger partial charge in [-0.1, -0.05) is 29.8 Å². The molecule has 0 spiro atoms. The van der Waals surface area contributed by atoms with E-state index in [0.29, 0.717) is 16.6 Å². The van der Waals surface area contributed by atoms with Crippen LogP contribution in [0.15, 0.2) is 24.3 Å². The van der Waals surface area contributed by atoms with Crippen molar-refractivity contribution in [2.45, 2.75) is 26.3 Å². The number of nitrogens with zero attached hydrogens (tertiary/aromatic N) is 1. The molecule has 4 N–H and O–H groups in total. The van der Waals surface area contributed by atoms with Gasteiger partial charge in [0, 0.05) is 18.9 Å². The zero-order chi connectivity index (χ0) is 20.9. The number of rotatable bonds is 7. The predicted molar refractivity (Wildman–Crippen MR) is 113 cm³/mol. The molecule has 0 saturated carbocycles. The lowest BCUT2D eigenvalue weighted by Gasteiger charge is -2.27. The lowest BCUT2D eigenvalue weighted by atomic mass is 10.1. The highest BCUT2D eigenvalue weighted by atomic mass is 35.5. The number of carbonyl (C=O) groups excluding carboxylic acids is 2. The number of fused-ring (bicyclic) bond motifs is 1. The number of ether oxygens (including phenoxy) is 1. The van der Waals surface area contributed by atoms with Gasteiger partial charge in [-0.25, -0.2) is 9.78 Å². The summed E-state index contributed by atoms with van der Waals surface area (Å²) >= 11 is 6.27. The van der Waals surface area contributed by atoms with Gasteiger partial charge in [-0.15, -0.1) is 12.4 Å². The number of aromatic nitrogens is 1. The van der Waals surface area contributed by atoms with Crippen LogP contribution in [-0.2, 0) is 14.3 Å². The van der Waals surface area contributed by atoms with Crippen molar-refractivity contribution in [3.8, 4) is 0 Å². The van der Waals surface area contributed by atoms with Crippen LogP contribution in [0, 0.1) is 0 Å². The van der Waals surface area contributed by atoms with Crippen LogP contribution in [0.2, 0.25) is 5.15 Å². The van der Waals surface area contributed by atoms with Gasteiger partial charge >= 0.3 is 12.1 Å². The number of hydrogen-bond donors (Lipinski definition) is 4. The first-order valence-corrected chi connectivity index (χ1v) is 8.73. The maximum Gasteiger partial charge on any atom is 0.405 e. The van der Waals surface area contributed by atoms with Crippen molar-refractivity contribution in [1.29, 1.82) is 0 Å². The summed E-state index contributed by atoms with van der Waals surface area (Å²) < 4.78 is 4.69. The molecule has 0 aliphatic rings. The SMILES string of the molecule is CC(=O)OCC(=O)Nc1c(Cl)nc2ccccc2c1NCC(C)(C)NC(=O)O.Cl. The van der Waals surface area contributed by atoms with Gasteiger partial charge in [0.05, 0.1) is 16.7 Å². The third-order valence-corrected chi connectivity index (χ3v) is 3.95. The number of amides is 2. The van der Waals surface area contributed by atoms with E-state index in [1.54, 1.807) is 38.1 Å². The Balaban J connectivity index is 0.00000420. The first kappa shape index (κ1) is 24.3. The van der Waals surface area contributed by atoms with Gasteiger partial charge in [0.15, 0.2) is 11.8 Å². The highest BCUT2D eigenvalue weighted by Gasteiger charge is 2.23. The summed E-state index contributed by atoms with van der Waals surface area (Å²) in [5, 5.41) is 17.8. The molecule has 9 nitrogen and oxygen atoms in total. The molecular formula is C18H22Cl2N4O5. The Morgan fingerprint density at radius 1 is 1.21 bits per heavy atom. The van der Waals surface area contributed by atoms with Gasteiger partial charge in [-0.05, 0) is 19.9 Å². The molecule has 1 aromatic carbocycles. The van der Waals surface area contributed by atoms with Crippen molar-refractivity contribution in [3.63, 3.8) is 0 Å². The summed E-state index contributed by atoms with van der Waals surface area (Å²) in [6.07, 6.45) is -1.15. The van der Waals surface area contributed by atoms with Crippen molar-refractivity contribution in [3.05, 3.63) is 29.4 Å². The van der Waals surface area contributed by atoms with Crippen molar-refractivity contribution >= 4 is 64.3 Å². The number of nitrogens with one attached hydrogen (secondary N) is 3. The number of esters is 1. The van der Waals surface area contributed by atoms with E-state index >= 15 is 0 Å². The molecule has 0 radical (unpaired) electrons. The second-order valence-corrected chi connectivity index (χ2v) is 7.02. The first-order chi connectivity index (χ1) is 13.1. The quantitative estimate of drug-likeness (QED) is 0.380. The summed E-state index contributed by atoms with van der Waals surface area (Å²) in [5.41, 5.74) is 0.481. The van der Waals surface area contributed by atoms with Crippen molar-refractivity contribution in [2.75, 3.05) is 23.8 Å². The lowest BCUT2D eigenvalue weighted by molar-refractivity contribution is -0.144. The second-order valence-electron chi connectivity index (χ2n) is 6.67. The van der Waals surface area contributed by atoms with Crippen LogP contribution in [0.1, 0.15) is 20.8 Å². The minimum Gasteiger partial charge on any atom is -0.465 e. The Hall–Kier alpha value is -2.78. The summed E-state index contributed by atoms with van der Waals surface area (Å²) in [6.45, 7) is 4.35. The van der Waals surface area contributed by atoms with E-state index in [0.717, 1.165) is 0 Å². The Morgan fingerprint density at radius 3 is 2.48 bits per heavy atom. The number of halogens is 2. The summed E-state index contributed by atoms with van der Waals surface area (Å²) in [4.78, 5) is 38.2. The van der Waals surface area contributed by atoms with E-state index in [1.807, 2.05) is 0 Å². The molecule has 0 aliphatic carbocycles. The Bertz CT molecular complexity index is 921. The maximum atomic E-state index is 12.1. The monoisotopic (exact) mass is 444 g/mol. The number of hydrogen-bond acceptors (Lipinski definition) is 6. The Kier molecular flexibility index (Phi) is 8.47. The number of benzene rings is 1. The fourth-order valence-corrected chi connectivity index (χ4v) is 2.70. The zero-order valence-electron chi connectivity index (χ0n) is 16.0. The number of para-hydroxylation sites is 1. The standard InChI is InChI=1S/C18H21ClN4O5.ClH/c1-10(24)28-8-13(25)22-15-14(20-9-18(2,3)23-17(26)27)11-6-4-5-7-12(11)21-16(15)19;/h4-7,23H,8-9H2,1-3H3,(H,20,21)(H,22,25)(H,26,27);1H. The van der Waals surface area contributed by atoms with Crippen LogP contribution in [0.5, 0.6) is 0 Å². The molecule has 0 unspecified atom stereocenters. The average molecular weight is 445 g/mol. The molecule has 0 saturated heterocycles. The molecule has 29 heavy (non-hydrogen) atoms. The van der Waals surface area contributed by atoms with Gasteiger partial charge in [0.2, 0.25) is 0 Å².